The first-order chi connectivity index (χ1) is 9.67. The quantitative estimate of drug-likeness (QED) is 0.912. The summed E-state index contributed by atoms with van der Waals surface area (Å²) >= 11 is 0. The summed E-state index contributed by atoms with van der Waals surface area (Å²) in [4.78, 5) is 0. The van der Waals surface area contributed by atoms with Gasteiger partial charge in [-0.2, -0.15) is 0 Å². The predicted octanol–water partition coefficient (Wildman–Crippen LogP) is 3.13. The van der Waals surface area contributed by atoms with Crippen molar-refractivity contribution in [2.45, 2.75) is 6.61 Å². The molecule has 0 saturated heterocycles. The van der Waals surface area contributed by atoms with E-state index in [0.717, 1.165) is 0 Å². The van der Waals surface area contributed by atoms with Crippen molar-refractivity contribution in [2.75, 3.05) is 14.2 Å². The minimum Gasteiger partial charge on any atom is -0.496 e. The zero-order valence-electron chi connectivity index (χ0n) is 11.2. The second-order valence-electron chi connectivity index (χ2n) is 4.03. The fourth-order valence-corrected chi connectivity index (χ4v) is 1.76. The topological polar surface area (TPSA) is 47.9 Å². The van der Waals surface area contributed by atoms with Crippen LogP contribution in [0.15, 0.2) is 36.4 Å². The lowest BCUT2D eigenvalue weighted by molar-refractivity contribution is 0.269. The van der Waals surface area contributed by atoms with Crippen LogP contribution in [0.25, 0.3) is 0 Å². The highest BCUT2D eigenvalue weighted by molar-refractivity contribution is 5.45. The van der Waals surface area contributed by atoms with Crippen LogP contribution in [-0.4, -0.2) is 19.3 Å². The summed E-state index contributed by atoms with van der Waals surface area (Å²) in [7, 11) is 3.06. The average Bonchev–Trinajstić information content (AvgIpc) is 2.47. The van der Waals surface area contributed by atoms with E-state index >= 15 is 0 Å². The van der Waals surface area contributed by atoms with Crippen molar-refractivity contribution < 1.29 is 23.7 Å². The maximum absolute atomic E-state index is 13.6. The van der Waals surface area contributed by atoms with Crippen molar-refractivity contribution >= 4 is 0 Å². The van der Waals surface area contributed by atoms with Crippen molar-refractivity contribution in [3.05, 3.63) is 47.8 Å². The maximum Gasteiger partial charge on any atom is 0.135 e. The minimum atomic E-state index is -0.514. The van der Waals surface area contributed by atoms with Crippen molar-refractivity contribution in [1.29, 1.82) is 0 Å². The Kier molecular flexibility index (Phi) is 4.42. The first-order valence-electron chi connectivity index (χ1n) is 5.97. The molecule has 0 heterocycles. The highest BCUT2D eigenvalue weighted by Crippen LogP contribution is 2.32. The maximum atomic E-state index is 13.6. The van der Waals surface area contributed by atoms with Gasteiger partial charge in [0.1, 0.15) is 28.8 Å². The van der Waals surface area contributed by atoms with Gasteiger partial charge >= 0.3 is 0 Å². The van der Waals surface area contributed by atoms with E-state index in [1.807, 2.05) is 0 Å². The normalized spacial score (nSPS) is 10.2. The van der Waals surface area contributed by atoms with Gasteiger partial charge in [0.25, 0.3) is 0 Å². The SMILES string of the molecule is COc1cc(OC)cc(Oc2cccc(F)c2CO)c1. The fraction of sp³-hybridized carbons (Fsp3) is 0.200. The molecule has 0 atom stereocenters. The Balaban J connectivity index is 2.37. The van der Waals surface area contributed by atoms with Gasteiger partial charge in [-0.05, 0) is 12.1 Å². The molecule has 2 rings (SSSR count). The molecule has 0 spiro atoms. The Labute approximate surface area is 116 Å². The molecule has 0 radical (unpaired) electrons. The van der Waals surface area contributed by atoms with Crippen molar-refractivity contribution in [3.63, 3.8) is 0 Å². The number of aliphatic hydroxyl groups excluding tert-OH is 1. The van der Waals surface area contributed by atoms with Gasteiger partial charge in [0.15, 0.2) is 0 Å². The van der Waals surface area contributed by atoms with Crippen molar-refractivity contribution in [1.82, 2.24) is 0 Å². The molecule has 0 aliphatic rings. The number of ether oxygens (including phenoxy) is 3. The first kappa shape index (κ1) is 14.1. The third-order valence-corrected chi connectivity index (χ3v) is 2.79. The van der Waals surface area contributed by atoms with Gasteiger partial charge in [-0.15, -0.1) is 0 Å². The van der Waals surface area contributed by atoms with Crippen molar-refractivity contribution in [3.8, 4) is 23.0 Å². The number of methoxy groups -OCH3 is 2. The number of hydrogen-bond donors (Lipinski definition) is 1. The molecule has 0 aromatic heterocycles. The third kappa shape index (κ3) is 3.00. The van der Waals surface area contributed by atoms with Gasteiger partial charge in [-0.1, -0.05) is 6.07 Å². The Morgan fingerprint density at radius 2 is 1.60 bits per heavy atom. The number of hydrogen-bond acceptors (Lipinski definition) is 4. The lowest BCUT2D eigenvalue weighted by Gasteiger charge is -2.12. The van der Waals surface area contributed by atoms with E-state index in [2.05, 4.69) is 0 Å². The third-order valence-electron chi connectivity index (χ3n) is 2.79. The molecule has 20 heavy (non-hydrogen) atoms. The Hall–Kier alpha value is -2.27. The summed E-state index contributed by atoms with van der Waals surface area (Å²) in [5.41, 5.74) is 0.106. The van der Waals surface area contributed by atoms with Crippen LogP contribution in [0.2, 0.25) is 0 Å². The van der Waals surface area contributed by atoms with Gasteiger partial charge in [-0.3, -0.25) is 0 Å². The number of benzene rings is 2. The molecule has 0 bridgehead atoms. The molecule has 0 aliphatic carbocycles. The molecule has 4 nitrogen and oxygen atoms in total. The van der Waals surface area contributed by atoms with Crippen LogP contribution in [0.3, 0.4) is 0 Å². The average molecular weight is 278 g/mol. The Morgan fingerprint density at radius 3 is 2.15 bits per heavy atom. The second-order valence-corrected chi connectivity index (χ2v) is 4.03. The molecule has 106 valence electrons. The summed E-state index contributed by atoms with van der Waals surface area (Å²) in [6.07, 6.45) is 0. The molecule has 0 saturated carbocycles. The van der Waals surface area contributed by atoms with E-state index in [0.29, 0.717) is 17.2 Å². The van der Waals surface area contributed by atoms with Gasteiger partial charge < -0.3 is 19.3 Å². The predicted molar refractivity (Wildman–Crippen MR) is 71.9 cm³/mol. The lowest BCUT2D eigenvalue weighted by Crippen LogP contribution is -1.96. The van der Waals surface area contributed by atoms with E-state index in [-0.39, 0.29) is 11.3 Å². The molecule has 0 fully saturated rings. The number of halogens is 1. The van der Waals surface area contributed by atoms with Crippen LogP contribution >= 0.6 is 0 Å². The monoisotopic (exact) mass is 278 g/mol. The smallest absolute Gasteiger partial charge is 0.135 e. The summed E-state index contributed by atoms with van der Waals surface area (Å²) in [6, 6.07) is 9.36. The van der Waals surface area contributed by atoms with Crippen LogP contribution in [-0.2, 0) is 6.61 Å². The van der Waals surface area contributed by atoms with Gasteiger partial charge in [0.05, 0.1) is 26.4 Å². The van der Waals surface area contributed by atoms with E-state index in [9.17, 15) is 9.50 Å². The number of rotatable bonds is 5. The molecule has 0 amide bonds. The van der Waals surface area contributed by atoms with E-state index in [1.165, 1.54) is 26.4 Å². The summed E-state index contributed by atoms with van der Waals surface area (Å²) in [6.45, 7) is -0.441. The van der Waals surface area contributed by atoms with Crippen LogP contribution in [0.4, 0.5) is 4.39 Å². The number of aliphatic hydroxyl groups is 1. The molecule has 1 N–H and O–H groups in total. The largest absolute Gasteiger partial charge is 0.496 e. The highest BCUT2D eigenvalue weighted by atomic mass is 19.1. The fourth-order valence-electron chi connectivity index (χ4n) is 1.76. The van der Waals surface area contributed by atoms with Crippen molar-refractivity contribution in [2.24, 2.45) is 0 Å². The summed E-state index contributed by atoms with van der Waals surface area (Å²) in [5, 5.41) is 9.21. The van der Waals surface area contributed by atoms with Crippen LogP contribution in [0.5, 0.6) is 23.0 Å². The molecule has 5 heteroatoms. The van der Waals surface area contributed by atoms with E-state index in [1.54, 1.807) is 24.3 Å². The molecular weight excluding hydrogens is 263 g/mol. The molecular formula is C15H15FO4. The second kappa shape index (κ2) is 6.25. The standard InChI is InChI=1S/C15H15FO4/c1-18-10-6-11(19-2)8-12(7-10)20-15-5-3-4-14(16)13(15)9-17/h3-8,17H,9H2,1-2H3. The summed E-state index contributed by atoms with van der Waals surface area (Å²) in [5.74, 6) is 1.28. The van der Waals surface area contributed by atoms with Gasteiger partial charge in [0, 0.05) is 18.2 Å². The van der Waals surface area contributed by atoms with E-state index < -0.39 is 12.4 Å². The Bertz CT molecular complexity index is 576. The minimum absolute atomic E-state index is 0.106. The Morgan fingerprint density at radius 1 is 1.00 bits per heavy atom. The molecule has 2 aromatic rings. The lowest BCUT2D eigenvalue weighted by atomic mass is 10.2. The van der Waals surface area contributed by atoms with E-state index in [4.69, 9.17) is 14.2 Å². The van der Waals surface area contributed by atoms with Gasteiger partial charge in [-0.25, -0.2) is 4.39 Å². The van der Waals surface area contributed by atoms with Crippen LogP contribution in [0.1, 0.15) is 5.56 Å². The first-order valence-corrected chi connectivity index (χ1v) is 5.97. The van der Waals surface area contributed by atoms with Gasteiger partial charge in [0.2, 0.25) is 0 Å². The zero-order chi connectivity index (χ0) is 14.5. The molecule has 2 aromatic carbocycles. The highest BCUT2D eigenvalue weighted by Gasteiger charge is 2.11. The zero-order valence-corrected chi connectivity index (χ0v) is 11.2. The molecule has 0 aliphatic heterocycles. The van der Waals surface area contributed by atoms with Crippen LogP contribution in [0, 0.1) is 5.82 Å². The van der Waals surface area contributed by atoms with Crippen LogP contribution < -0.4 is 14.2 Å². The summed E-state index contributed by atoms with van der Waals surface area (Å²) < 4.78 is 29.4. The molecule has 0 unspecified atom stereocenters.